The normalized spacial score (nSPS) is 12.2. The molecule has 0 atom stereocenters. The van der Waals surface area contributed by atoms with E-state index in [0.29, 0.717) is 5.56 Å². The van der Waals surface area contributed by atoms with Crippen LogP contribution in [0.25, 0.3) is 0 Å². The zero-order valence-electron chi connectivity index (χ0n) is 14.8. The average molecular weight is 396 g/mol. The molecule has 0 spiro atoms. The van der Waals surface area contributed by atoms with Crippen molar-refractivity contribution >= 4 is 31.5 Å². The average Bonchev–Trinajstić information content (AvgIpc) is 2.56. The molecule has 2 aromatic rings. The fraction of sp³-hybridized carbons (Fsp3) is 0.235. The van der Waals surface area contributed by atoms with Crippen molar-refractivity contribution in [1.29, 1.82) is 0 Å². The van der Waals surface area contributed by atoms with Crippen molar-refractivity contribution < 1.29 is 21.6 Å². The van der Waals surface area contributed by atoms with E-state index in [1.54, 1.807) is 6.92 Å². The number of nitrogens with zero attached hydrogens (tertiary/aromatic N) is 1. The number of carbonyl (C=O) groups is 1. The van der Waals surface area contributed by atoms with E-state index in [2.05, 4.69) is 4.72 Å². The maximum atomic E-state index is 12.6. The van der Waals surface area contributed by atoms with Crippen LogP contribution in [-0.2, 0) is 20.0 Å². The number of carbonyl (C=O) groups excluding carboxylic acids is 1. The number of aryl methyl sites for hydroxylation is 1. The summed E-state index contributed by atoms with van der Waals surface area (Å²) in [7, 11) is -4.89. The maximum Gasteiger partial charge on any atom is 0.261 e. The lowest BCUT2D eigenvalue weighted by Gasteiger charge is -2.15. The number of ketones is 1. The van der Waals surface area contributed by atoms with Crippen LogP contribution in [0.15, 0.2) is 52.3 Å². The quantitative estimate of drug-likeness (QED) is 0.755. The highest BCUT2D eigenvalue weighted by molar-refractivity contribution is 7.92. The summed E-state index contributed by atoms with van der Waals surface area (Å²) in [6.45, 7) is 2.97. The molecule has 0 bridgehead atoms. The summed E-state index contributed by atoms with van der Waals surface area (Å²) in [4.78, 5) is 11.4. The molecule has 26 heavy (non-hydrogen) atoms. The number of hydrogen-bond acceptors (Lipinski definition) is 5. The van der Waals surface area contributed by atoms with Crippen molar-refractivity contribution in [3.8, 4) is 0 Å². The highest BCUT2D eigenvalue weighted by atomic mass is 32.2. The number of sulfonamides is 2. The van der Waals surface area contributed by atoms with E-state index in [1.807, 2.05) is 0 Å². The van der Waals surface area contributed by atoms with Crippen molar-refractivity contribution in [3.05, 3.63) is 53.6 Å². The van der Waals surface area contributed by atoms with Crippen LogP contribution in [-0.4, -0.2) is 41.0 Å². The Morgan fingerprint density at radius 1 is 1.00 bits per heavy atom. The van der Waals surface area contributed by atoms with Crippen LogP contribution >= 0.6 is 0 Å². The largest absolute Gasteiger partial charge is 0.295 e. The second kappa shape index (κ2) is 7.18. The van der Waals surface area contributed by atoms with Crippen molar-refractivity contribution in [2.45, 2.75) is 23.6 Å². The molecule has 0 amide bonds. The molecule has 9 heteroatoms. The summed E-state index contributed by atoms with van der Waals surface area (Å²) in [6, 6.07) is 9.92. The Bertz CT molecular complexity index is 1060. The first-order valence-corrected chi connectivity index (χ1v) is 10.5. The molecular weight excluding hydrogens is 376 g/mol. The first kappa shape index (κ1) is 20.1. The number of anilines is 1. The Hall–Kier alpha value is -2.23. The SMILES string of the molecule is CC(=O)c1cccc(S(=O)(=O)Nc2ccc(C)c(S(=O)(=O)N(C)C)c2)c1. The van der Waals surface area contributed by atoms with Crippen LogP contribution in [0.2, 0.25) is 0 Å². The Balaban J connectivity index is 2.45. The summed E-state index contributed by atoms with van der Waals surface area (Å²) in [5, 5.41) is 0. The van der Waals surface area contributed by atoms with Crippen molar-refractivity contribution in [2.24, 2.45) is 0 Å². The molecule has 0 aliphatic carbocycles. The minimum absolute atomic E-state index is 0.0141. The van der Waals surface area contributed by atoms with Crippen molar-refractivity contribution in [1.82, 2.24) is 4.31 Å². The Morgan fingerprint density at radius 3 is 2.23 bits per heavy atom. The molecule has 0 saturated heterocycles. The number of benzene rings is 2. The summed E-state index contributed by atoms with van der Waals surface area (Å²) < 4.78 is 53.3. The van der Waals surface area contributed by atoms with Gasteiger partial charge >= 0.3 is 0 Å². The summed E-state index contributed by atoms with van der Waals surface area (Å²) in [6.07, 6.45) is 0. The van der Waals surface area contributed by atoms with E-state index in [4.69, 9.17) is 0 Å². The number of Topliss-reactive ketones (excluding diaryl/α,β-unsaturated/α-hetero) is 1. The third-order valence-electron chi connectivity index (χ3n) is 3.75. The lowest BCUT2D eigenvalue weighted by atomic mass is 10.2. The minimum Gasteiger partial charge on any atom is -0.295 e. The lowest BCUT2D eigenvalue weighted by molar-refractivity contribution is 0.101. The standard InChI is InChI=1S/C17H20N2O5S2/c1-12-8-9-15(11-17(12)26(23,24)19(3)4)18-25(21,22)16-7-5-6-14(10-16)13(2)20/h5-11,18H,1-4H3. The molecule has 0 saturated carbocycles. The van der Waals surface area contributed by atoms with Gasteiger partial charge in [0.05, 0.1) is 15.5 Å². The van der Waals surface area contributed by atoms with Gasteiger partial charge in [-0.15, -0.1) is 0 Å². The monoisotopic (exact) mass is 396 g/mol. The third kappa shape index (κ3) is 4.12. The van der Waals surface area contributed by atoms with E-state index in [-0.39, 0.29) is 26.8 Å². The number of hydrogen-bond donors (Lipinski definition) is 1. The fourth-order valence-electron chi connectivity index (χ4n) is 2.23. The molecule has 1 N–H and O–H groups in total. The Kier molecular flexibility index (Phi) is 5.55. The first-order valence-electron chi connectivity index (χ1n) is 7.62. The van der Waals surface area contributed by atoms with Gasteiger partial charge in [-0.25, -0.2) is 21.1 Å². The summed E-state index contributed by atoms with van der Waals surface area (Å²) in [5.74, 6) is -0.253. The van der Waals surface area contributed by atoms with Crippen LogP contribution < -0.4 is 4.72 Å². The second-order valence-electron chi connectivity index (χ2n) is 5.96. The first-order chi connectivity index (χ1) is 11.9. The van der Waals surface area contributed by atoms with Gasteiger partial charge in [0.2, 0.25) is 10.0 Å². The van der Waals surface area contributed by atoms with E-state index < -0.39 is 20.0 Å². The van der Waals surface area contributed by atoms with Gasteiger partial charge in [0.1, 0.15) is 0 Å². The minimum atomic E-state index is -3.98. The fourth-order valence-corrected chi connectivity index (χ4v) is 4.47. The molecule has 2 rings (SSSR count). The van der Waals surface area contributed by atoms with Crippen LogP contribution in [0.4, 0.5) is 5.69 Å². The number of nitrogens with one attached hydrogen (secondary N) is 1. The van der Waals surface area contributed by atoms with Gasteiger partial charge in [0.15, 0.2) is 5.78 Å². The molecule has 7 nitrogen and oxygen atoms in total. The Morgan fingerprint density at radius 2 is 1.65 bits per heavy atom. The van der Waals surface area contributed by atoms with Crippen molar-refractivity contribution in [2.75, 3.05) is 18.8 Å². The highest BCUT2D eigenvalue weighted by Crippen LogP contribution is 2.24. The predicted octanol–water partition coefficient (Wildman–Crippen LogP) is 2.25. The second-order valence-corrected chi connectivity index (χ2v) is 9.76. The molecule has 0 unspecified atom stereocenters. The van der Waals surface area contributed by atoms with E-state index in [0.717, 1.165) is 4.31 Å². The highest BCUT2D eigenvalue weighted by Gasteiger charge is 2.22. The Labute approximate surface area is 153 Å². The van der Waals surface area contributed by atoms with Crippen LogP contribution in [0.5, 0.6) is 0 Å². The topological polar surface area (TPSA) is 101 Å². The third-order valence-corrected chi connectivity index (χ3v) is 7.09. The zero-order chi connectivity index (χ0) is 19.7. The van der Waals surface area contributed by atoms with Crippen LogP contribution in [0.1, 0.15) is 22.8 Å². The molecule has 0 aliphatic heterocycles. The van der Waals surface area contributed by atoms with Crippen LogP contribution in [0.3, 0.4) is 0 Å². The maximum absolute atomic E-state index is 12.6. The van der Waals surface area contributed by atoms with Gasteiger partial charge in [-0.1, -0.05) is 18.2 Å². The molecule has 0 fully saturated rings. The predicted molar refractivity (Wildman–Crippen MR) is 99.3 cm³/mol. The van der Waals surface area contributed by atoms with Crippen molar-refractivity contribution in [3.63, 3.8) is 0 Å². The van der Waals surface area contributed by atoms with Gasteiger partial charge in [-0.2, -0.15) is 0 Å². The molecule has 0 radical (unpaired) electrons. The van der Waals surface area contributed by atoms with Gasteiger partial charge in [0.25, 0.3) is 10.0 Å². The van der Waals surface area contributed by atoms with E-state index >= 15 is 0 Å². The van der Waals surface area contributed by atoms with Gasteiger partial charge in [0, 0.05) is 19.7 Å². The molecule has 2 aromatic carbocycles. The molecule has 0 aromatic heterocycles. The summed E-state index contributed by atoms with van der Waals surface area (Å²) in [5.41, 5.74) is 0.886. The van der Waals surface area contributed by atoms with E-state index in [9.17, 15) is 21.6 Å². The van der Waals surface area contributed by atoms with Gasteiger partial charge < -0.3 is 0 Å². The lowest BCUT2D eigenvalue weighted by Crippen LogP contribution is -2.23. The summed E-state index contributed by atoms with van der Waals surface area (Å²) >= 11 is 0. The number of rotatable bonds is 6. The smallest absolute Gasteiger partial charge is 0.261 e. The van der Waals surface area contributed by atoms with Crippen LogP contribution in [0, 0.1) is 6.92 Å². The van der Waals surface area contributed by atoms with Gasteiger partial charge in [-0.3, -0.25) is 9.52 Å². The van der Waals surface area contributed by atoms with E-state index in [1.165, 1.54) is 63.5 Å². The molecular formula is C17H20N2O5S2. The zero-order valence-corrected chi connectivity index (χ0v) is 16.5. The molecule has 0 aliphatic rings. The molecule has 0 heterocycles. The molecule has 140 valence electrons. The van der Waals surface area contributed by atoms with Gasteiger partial charge in [-0.05, 0) is 43.7 Å².